The van der Waals surface area contributed by atoms with Gasteiger partial charge in [-0.25, -0.2) is 6.57 Å². The topological polar surface area (TPSA) is 76.8 Å². The van der Waals surface area contributed by atoms with E-state index < -0.39 is 32.7 Å². The van der Waals surface area contributed by atoms with Gasteiger partial charge in [-0.15, -0.1) is 0 Å². The van der Waals surface area contributed by atoms with Gasteiger partial charge < -0.3 is 32.4 Å². The molecular formula is C16H31NO7P2. The van der Waals surface area contributed by atoms with Gasteiger partial charge in [0.05, 0.1) is 18.8 Å². The van der Waals surface area contributed by atoms with E-state index in [1.54, 1.807) is 13.6 Å². The summed E-state index contributed by atoms with van der Waals surface area (Å²) in [5.41, 5.74) is -1.03. The van der Waals surface area contributed by atoms with Gasteiger partial charge >= 0.3 is 0 Å². The first kappa shape index (κ1) is 22.1. The van der Waals surface area contributed by atoms with Crippen LogP contribution in [0.25, 0.3) is 4.85 Å². The molecule has 1 heterocycles. The Hall–Kier alpha value is -0.220. The number of nitrogens with zero attached hydrogens (tertiary/aromatic N) is 1. The minimum absolute atomic E-state index is 0.116. The van der Waals surface area contributed by atoms with Crippen LogP contribution >= 0.6 is 14.9 Å². The Morgan fingerprint density at radius 3 is 2.73 bits per heavy atom. The highest BCUT2D eigenvalue weighted by Crippen LogP contribution is 2.54. The van der Waals surface area contributed by atoms with E-state index >= 15 is 0 Å². The molecule has 0 aromatic carbocycles. The van der Waals surface area contributed by atoms with Crippen LogP contribution in [0.5, 0.6) is 0 Å². The van der Waals surface area contributed by atoms with E-state index in [1.807, 2.05) is 0 Å². The van der Waals surface area contributed by atoms with Crippen molar-refractivity contribution in [2.24, 2.45) is 0 Å². The van der Waals surface area contributed by atoms with Crippen LogP contribution in [0.1, 0.15) is 21.6 Å². The molecule has 26 heavy (non-hydrogen) atoms. The smallest absolute Gasteiger partial charge is 0.251 e. The normalized spacial score (nSPS) is 31.0. The molecule has 8 nitrogen and oxygen atoms in total. The molecule has 0 radical (unpaired) electrons. The van der Waals surface area contributed by atoms with Crippen LogP contribution in [0.2, 0.25) is 0 Å². The van der Waals surface area contributed by atoms with E-state index in [-0.39, 0.29) is 32.8 Å². The third-order valence-electron chi connectivity index (χ3n) is 4.08. The Bertz CT molecular complexity index is 600. The quantitative estimate of drug-likeness (QED) is 0.277. The highest BCUT2D eigenvalue weighted by Gasteiger charge is 2.50. The first-order valence-corrected chi connectivity index (χ1v) is 12.3. The van der Waals surface area contributed by atoms with E-state index in [0.29, 0.717) is 13.0 Å². The van der Waals surface area contributed by atoms with Crippen molar-refractivity contribution in [2.75, 3.05) is 53.4 Å². The van der Waals surface area contributed by atoms with Crippen LogP contribution in [0.4, 0.5) is 0 Å². The average Bonchev–Trinajstić information content (AvgIpc) is 2.98. The Morgan fingerprint density at radius 1 is 1.46 bits per heavy atom. The lowest BCUT2D eigenvalue weighted by molar-refractivity contribution is -0.0514. The highest BCUT2D eigenvalue weighted by atomic mass is 31.2. The van der Waals surface area contributed by atoms with Gasteiger partial charge in [0.1, 0.15) is 18.8 Å². The molecule has 1 fully saturated rings. The van der Waals surface area contributed by atoms with Crippen molar-refractivity contribution in [1.82, 2.24) is 0 Å². The zero-order chi connectivity index (χ0) is 20.6. The Balaban J connectivity index is 3.00. The monoisotopic (exact) mass is 412 g/mol. The van der Waals surface area contributed by atoms with E-state index in [9.17, 15) is 4.57 Å². The molecule has 0 aliphatic carbocycles. The molecule has 0 N–H and O–H groups in total. The average molecular weight is 412 g/mol. The maximum atomic E-state index is 12.5. The molecule has 10 heteroatoms. The van der Waals surface area contributed by atoms with Crippen LogP contribution in [0.15, 0.2) is 0 Å². The van der Waals surface area contributed by atoms with Crippen molar-refractivity contribution < 1.29 is 33.5 Å². The van der Waals surface area contributed by atoms with Crippen LogP contribution in [0.3, 0.4) is 0 Å². The molecule has 0 bridgehead atoms. The van der Waals surface area contributed by atoms with Crippen molar-refractivity contribution in [2.45, 2.75) is 38.1 Å². The summed E-state index contributed by atoms with van der Waals surface area (Å²) in [6, 6.07) is 0. The Morgan fingerprint density at radius 2 is 2.19 bits per heavy atom. The molecule has 0 spiro atoms. The van der Waals surface area contributed by atoms with Gasteiger partial charge in [0, 0.05) is 28.4 Å². The van der Waals surface area contributed by atoms with Gasteiger partial charge in [0.15, 0.2) is 7.37 Å². The molecule has 0 aromatic rings. The number of hydrogen-bond acceptors (Lipinski definition) is 7. The second-order valence-electron chi connectivity index (χ2n) is 6.09. The van der Waals surface area contributed by atoms with Crippen LogP contribution < -0.4 is 0 Å². The maximum absolute atomic E-state index is 12.5. The molecule has 1 saturated heterocycles. The zero-order valence-electron chi connectivity index (χ0n) is 17.0. The highest BCUT2D eigenvalue weighted by molar-refractivity contribution is 7.59. The van der Waals surface area contributed by atoms with E-state index in [2.05, 4.69) is 11.1 Å². The number of rotatable bonds is 12. The summed E-state index contributed by atoms with van der Waals surface area (Å²) in [6.07, 6.45) is 3.36. The first-order valence-electron chi connectivity index (χ1n) is 9.04. The molecule has 1 rings (SSSR count). The Kier molecular flexibility index (Phi) is 8.79. The fourth-order valence-electron chi connectivity index (χ4n) is 2.58. The summed E-state index contributed by atoms with van der Waals surface area (Å²) in [5, 5.41) is 0. The van der Waals surface area contributed by atoms with Crippen molar-refractivity contribution in [3.8, 4) is 0 Å². The lowest BCUT2D eigenvalue weighted by Crippen LogP contribution is -2.43. The summed E-state index contributed by atoms with van der Waals surface area (Å²) in [5.74, 6) is 0. The van der Waals surface area contributed by atoms with Crippen molar-refractivity contribution >= 4 is 21.2 Å². The molecule has 5 atom stereocenters. The second kappa shape index (κ2) is 10.4. The van der Waals surface area contributed by atoms with Crippen LogP contribution in [-0.2, 0) is 32.1 Å². The lowest BCUT2D eigenvalue weighted by Gasteiger charge is -2.36. The van der Waals surface area contributed by atoms with Crippen LogP contribution in [-0.4, -0.2) is 77.5 Å². The standard InChI is InChI=1S/C16H31NO7P2/c1-8-22-25(6,18)12-9-16(2)15(14(19-4)13-21-16)24-26(7,20-5)23-11-10-17-3/h14-15H,7-13H2,1-2,4-6H3/t14-,15?,16+,25?,26?/m1/s1/i2D. The molecule has 1 aliphatic heterocycles. The second-order valence-corrected chi connectivity index (χ2v) is 10.9. The molecule has 0 amide bonds. The third kappa shape index (κ3) is 6.74. The van der Waals surface area contributed by atoms with Gasteiger partial charge in [-0.2, -0.15) is 0 Å². The number of methoxy groups -OCH3 is 1. The zero-order valence-corrected chi connectivity index (χ0v) is 17.8. The van der Waals surface area contributed by atoms with Crippen LogP contribution in [0, 0.1) is 6.57 Å². The minimum Gasteiger partial charge on any atom is -0.376 e. The maximum Gasteiger partial charge on any atom is 0.251 e. The fourth-order valence-corrected chi connectivity index (χ4v) is 5.33. The fraction of sp³-hybridized carbons (Fsp3) is 0.875. The van der Waals surface area contributed by atoms with Gasteiger partial charge in [0.2, 0.25) is 6.54 Å². The minimum atomic E-state index is -2.99. The van der Waals surface area contributed by atoms with Gasteiger partial charge in [-0.1, -0.05) is 0 Å². The SMILES string of the molecule is [2H]C[C@@]1(CCP(C)(=O)OCC)OC[C@@H](OC)C1OP(=C)(OC)OCC[N+]#[C-]. The first-order chi connectivity index (χ1) is 12.7. The summed E-state index contributed by atoms with van der Waals surface area (Å²) in [7, 11) is -2.83. The third-order valence-corrected chi connectivity index (χ3v) is 7.60. The number of hydrogen-bond donors (Lipinski definition) is 0. The van der Waals surface area contributed by atoms with Gasteiger partial charge in [-0.05, 0) is 26.5 Å². The van der Waals surface area contributed by atoms with Crippen molar-refractivity contribution in [3.05, 3.63) is 11.4 Å². The molecule has 0 saturated carbocycles. The summed E-state index contributed by atoms with van der Waals surface area (Å²) >= 11 is 0. The summed E-state index contributed by atoms with van der Waals surface area (Å²) in [4.78, 5) is 3.23. The summed E-state index contributed by atoms with van der Waals surface area (Å²) in [6.45, 7) is 11.0. The van der Waals surface area contributed by atoms with Gasteiger partial charge in [0.25, 0.3) is 7.57 Å². The lowest BCUT2D eigenvalue weighted by atomic mass is 9.95. The summed E-state index contributed by atoms with van der Waals surface area (Å²) < 4.78 is 54.3. The largest absolute Gasteiger partial charge is 0.376 e. The van der Waals surface area contributed by atoms with Gasteiger partial charge in [-0.3, -0.25) is 4.57 Å². The molecule has 152 valence electrons. The van der Waals surface area contributed by atoms with E-state index in [0.717, 1.165) is 0 Å². The van der Waals surface area contributed by atoms with Crippen molar-refractivity contribution in [1.29, 1.82) is 0 Å². The molecule has 0 aromatic heterocycles. The van der Waals surface area contributed by atoms with E-state index in [4.69, 9.17) is 35.5 Å². The van der Waals surface area contributed by atoms with E-state index in [1.165, 1.54) is 14.2 Å². The Labute approximate surface area is 158 Å². The molecule has 3 unspecified atom stereocenters. The molecular weight excluding hydrogens is 380 g/mol. The predicted molar refractivity (Wildman–Crippen MR) is 103 cm³/mol. The molecule has 1 aliphatic rings. The number of ether oxygens (including phenoxy) is 2. The van der Waals surface area contributed by atoms with Crippen molar-refractivity contribution in [3.63, 3.8) is 0 Å². The predicted octanol–water partition coefficient (Wildman–Crippen LogP) is 3.29.